The summed E-state index contributed by atoms with van der Waals surface area (Å²) in [5, 5.41) is 14.7. The number of nitrogens with one attached hydrogen (secondary N) is 1. The van der Waals surface area contributed by atoms with E-state index in [-0.39, 0.29) is 0 Å². The van der Waals surface area contributed by atoms with Crippen LogP contribution in [-0.4, -0.2) is 25.2 Å². The SMILES string of the molecule is c1cnn(-c2ccc3n[nH]nc3c2)c1. The highest BCUT2D eigenvalue weighted by molar-refractivity contribution is 5.75. The predicted octanol–water partition coefficient (Wildman–Crippen LogP) is 1.14. The first kappa shape index (κ1) is 7.25. The number of hydrogen-bond acceptors (Lipinski definition) is 3. The zero-order valence-corrected chi connectivity index (χ0v) is 7.25. The predicted molar refractivity (Wildman–Crippen MR) is 51.0 cm³/mol. The van der Waals surface area contributed by atoms with Gasteiger partial charge in [-0.15, -0.1) is 0 Å². The van der Waals surface area contributed by atoms with E-state index in [1.807, 2.05) is 30.5 Å². The van der Waals surface area contributed by atoms with E-state index in [4.69, 9.17) is 0 Å². The second-order valence-electron chi connectivity index (χ2n) is 2.95. The summed E-state index contributed by atoms with van der Waals surface area (Å²) in [6.07, 6.45) is 3.63. The van der Waals surface area contributed by atoms with Gasteiger partial charge in [-0.25, -0.2) is 4.68 Å². The van der Waals surface area contributed by atoms with E-state index < -0.39 is 0 Å². The minimum absolute atomic E-state index is 0.845. The summed E-state index contributed by atoms with van der Waals surface area (Å²) < 4.78 is 1.79. The second-order valence-corrected chi connectivity index (χ2v) is 2.95. The molecule has 14 heavy (non-hydrogen) atoms. The normalized spacial score (nSPS) is 10.9. The van der Waals surface area contributed by atoms with Gasteiger partial charge in [-0.3, -0.25) is 0 Å². The number of hydrogen-bond donors (Lipinski definition) is 1. The lowest BCUT2D eigenvalue weighted by atomic mass is 10.3. The maximum Gasteiger partial charge on any atom is 0.115 e. The molecule has 0 atom stereocenters. The molecule has 0 saturated heterocycles. The average Bonchev–Trinajstić information content (AvgIpc) is 2.88. The largest absolute Gasteiger partial charge is 0.241 e. The fourth-order valence-corrected chi connectivity index (χ4v) is 1.39. The Morgan fingerprint density at radius 1 is 1.14 bits per heavy atom. The van der Waals surface area contributed by atoms with Gasteiger partial charge in [0.05, 0.1) is 5.69 Å². The number of rotatable bonds is 1. The summed E-state index contributed by atoms with van der Waals surface area (Å²) in [5.74, 6) is 0. The van der Waals surface area contributed by atoms with Crippen LogP contribution < -0.4 is 0 Å². The number of nitrogens with zero attached hydrogens (tertiary/aromatic N) is 4. The fourth-order valence-electron chi connectivity index (χ4n) is 1.39. The molecule has 68 valence electrons. The van der Waals surface area contributed by atoms with Crippen LogP contribution in [0.5, 0.6) is 0 Å². The molecule has 0 aliphatic carbocycles. The van der Waals surface area contributed by atoms with E-state index in [1.54, 1.807) is 10.9 Å². The molecule has 2 heterocycles. The molecule has 0 radical (unpaired) electrons. The molecule has 0 aliphatic heterocycles. The summed E-state index contributed by atoms with van der Waals surface area (Å²) in [6.45, 7) is 0. The molecule has 5 nitrogen and oxygen atoms in total. The molecule has 0 saturated carbocycles. The minimum atomic E-state index is 0.845. The van der Waals surface area contributed by atoms with Crippen molar-refractivity contribution in [3.8, 4) is 5.69 Å². The summed E-state index contributed by atoms with van der Waals surface area (Å²) >= 11 is 0. The summed E-state index contributed by atoms with van der Waals surface area (Å²) in [4.78, 5) is 0. The van der Waals surface area contributed by atoms with Crippen LogP contribution >= 0.6 is 0 Å². The van der Waals surface area contributed by atoms with Crippen molar-refractivity contribution >= 4 is 11.0 Å². The molecule has 1 aromatic carbocycles. The topological polar surface area (TPSA) is 59.4 Å². The van der Waals surface area contributed by atoms with Crippen molar-refractivity contribution in [2.45, 2.75) is 0 Å². The van der Waals surface area contributed by atoms with Crippen LogP contribution in [0.25, 0.3) is 16.7 Å². The highest BCUT2D eigenvalue weighted by Crippen LogP contribution is 2.13. The van der Waals surface area contributed by atoms with Crippen molar-refractivity contribution < 1.29 is 0 Å². The van der Waals surface area contributed by atoms with Gasteiger partial charge in [-0.1, -0.05) is 0 Å². The van der Waals surface area contributed by atoms with Gasteiger partial charge in [0.2, 0.25) is 0 Å². The van der Waals surface area contributed by atoms with E-state index in [0.29, 0.717) is 0 Å². The molecule has 1 N–H and O–H groups in total. The van der Waals surface area contributed by atoms with E-state index in [9.17, 15) is 0 Å². The van der Waals surface area contributed by atoms with Crippen molar-refractivity contribution in [2.24, 2.45) is 0 Å². The number of fused-ring (bicyclic) bond motifs is 1. The van der Waals surface area contributed by atoms with Crippen LogP contribution in [0.4, 0.5) is 0 Å². The smallest absolute Gasteiger partial charge is 0.115 e. The zero-order valence-electron chi connectivity index (χ0n) is 7.25. The molecule has 0 aliphatic rings. The highest BCUT2D eigenvalue weighted by atomic mass is 15.3. The Morgan fingerprint density at radius 2 is 2.07 bits per heavy atom. The molecule has 2 aromatic heterocycles. The number of aromatic amines is 1. The molecule has 0 unspecified atom stereocenters. The number of H-pyrrole nitrogens is 1. The first-order chi connectivity index (χ1) is 6.93. The molecule has 0 bridgehead atoms. The Morgan fingerprint density at radius 3 is 2.93 bits per heavy atom. The fraction of sp³-hybridized carbons (Fsp3) is 0. The lowest BCUT2D eigenvalue weighted by Crippen LogP contribution is -1.93. The van der Waals surface area contributed by atoms with E-state index in [1.165, 1.54) is 0 Å². The summed E-state index contributed by atoms with van der Waals surface area (Å²) in [7, 11) is 0. The lowest BCUT2D eigenvalue weighted by Gasteiger charge is -1.98. The van der Waals surface area contributed by atoms with Gasteiger partial charge in [0.25, 0.3) is 0 Å². The summed E-state index contributed by atoms with van der Waals surface area (Å²) in [5.41, 5.74) is 2.69. The van der Waals surface area contributed by atoms with E-state index in [0.717, 1.165) is 16.7 Å². The maximum atomic E-state index is 4.14. The summed E-state index contributed by atoms with van der Waals surface area (Å²) in [6, 6.07) is 7.69. The van der Waals surface area contributed by atoms with Crippen LogP contribution in [0.1, 0.15) is 0 Å². The van der Waals surface area contributed by atoms with E-state index >= 15 is 0 Å². The van der Waals surface area contributed by atoms with Gasteiger partial charge in [0, 0.05) is 12.4 Å². The first-order valence-corrected chi connectivity index (χ1v) is 4.24. The Labute approximate surface area is 79.4 Å². The third-order valence-corrected chi connectivity index (χ3v) is 2.07. The first-order valence-electron chi connectivity index (χ1n) is 4.24. The third-order valence-electron chi connectivity index (χ3n) is 2.07. The Hall–Kier alpha value is -2.17. The molecular formula is C9H7N5. The Bertz CT molecular complexity index is 551. The van der Waals surface area contributed by atoms with Crippen molar-refractivity contribution in [2.75, 3.05) is 0 Å². The number of benzene rings is 1. The average molecular weight is 185 g/mol. The van der Waals surface area contributed by atoms with Gasteiger partial charge < -0.3 is 0 Å². The van der Waals surface area contributed by atoms with Crippen LogP contribution in [-0.2, 0) is 0 Å². The van der Waals surface area contributed by atoms with Crippen LogP contribution in [0, 0.1) is 0 Å². The monoisotopic (exact) mass is 185 g/mol. The van der Waals surface area contributed by atoms with Gasteiger partial charge in [0.1, 0.15) is 11.0 Å². The van der Waals surface area contributed by atoms with E-state index in [2.05, 4.69) is 20.5 Å². The molecule has 3 rings (SSSR count). The van der Waals surface area contributed by atoms with Crippen molar-refractivity contribution in [3.63, 3.8) is 0 Å². The third kappa shape index (κ3) is 0.990. The van der Waals surface area contributed by atoms with Gasteiger partial charge in [-0.2, -0.15) is 20.5 Å². The maximum absolute atomic E-state index is 4.14. The van der Waals surface area contributed by atoms with Crippen molar-refractivity contribution in [1.29, 1.82) is 0 Å². The minimum Gasteiger partial charge on any atom is -0.241 e. The molecule has 0 spiro atoms. The molecule has 0 amide bonds. The van der Waals surface area contributed by atoms with Gasteiger partial charge in [0.15, 0.2) is 0 Å². The highest BCUT2D eigenvalue weighted by Gasteiger charge is 2.00. The zero-order chi connectivity index (χ0) is 9.38. The Balaban J connectivity index is 2.23. The molecule has 5 heteroatoms. The number of aromatic nitrogens is 5. The Kier molecular flexibility index (Phi) is 1.38. The van der Waals surface area contributed by atoms with Crippen LogP contribution in [0.3, 0.4) is 0 Å². The molecular weight excluding hydrogens is 178 g/mol. The molecule has 0 fully saturated rings. The van der Waals surface area contributed by atoms with Crippen molar-refractivity contribution in [3.05, 3.63) is 36.7 Å². The van der Waals surface area contributed by atoms with Gasteiger partial charge >= 0.3 is 0 Å². The van der Waals surface area contributed by atoms with Crippen LogP contribution in [0.2, 0.25) is 0 Å². The lowest BCUT2D eigenvalue weighted by molar-refractivity contribution is 0.881. The van der Waals surface area contributed by atoms with Crippen LogP contribution in [0.15, 0.2) is 36.7 Å². The van der Waals surface area contributed by atoms with Gasteiger partial charge in [-0.05, 0) is 24.3 Å². The standard InChI is InChI=1S/C9H7N5/c1-4-10-14(5-1)7-2-3-8-9(6-7)12-13-11-8/h1-6H,(H,11,12,13). The quantitative estimate of drug-likeness (QED) is 0.618. The van der Waals surface area contributed by atoms with Crippen molar-refractivity contribution in [1.82, 2.24) is 25.2 Å². The second kappa shape index (κ2) is 2.66. The molecule has 3 aromatic rings.